The van der Waals surface area contributed by atoms with Crippen LogP contribution in [0, 0.1) is 10.5 Å². The van der Waals surface area contributed by atoms with E-state index in [1.54, 1.807) is 0 Å². The molecule has 0 aliphatic heterocycles. The van der Waals surface area contributed by atoms with E-state index in [9.17, 15) is 4.79 Å². The first kappa shape index (κ1) is 12.8. The molecule has 0 atom stereocenters. The molecular weight excluding hydrogens is 391 g/mol. The summed E-state index contributed by atoms with van der Waals surface area (Å²) in [6.45, 7) is 1.98. The second-order valence-electron chi connectivity index (χ2n) is 3.82. The molecule has 0 unspecified atom stereocenters. The van der Waals surface area contributed by atoms with Crippen LogP contribution in [0.5, 0.6) is 0 Å². The lowest BCUT2D eigenvalue weighted by Crippen LogP contribution is -2.02. The Kier molecular flexibility index (Phi) is 3.99. The van der Waals surface area contributed by atoms with Crippen molar-refractivity contribution in [2.45, 2.75) is 6.92 Å². The minimum absolute atomic E-state index is 0.0528. The molecule has 2 aromatic rings. The Morgan fingerprint density at radius 3 is 2.41 bits per heavy atom. The Hall–Kier alpha value is -0.680. The topological polar surface area (TPSA) is 17.1 Å². The largest absolute Gasteiger partial charge is 0.289 e. The van der Waals surface area contributed by atoms with E-state index in [0.717, 1.165) is 19.2 Å². The lowest BCUT2D eigenvalue weighted by molar-refractivity contribution is 0.103. The van der Waals surface area contributed by atoms with Crippen LogP contribution in [0.2, 0.25) is 0 Å². The quantitative estimate of drug-likeness (QED) is 0.532. The zero-order chi connectivity index (χ0) is 12.4. The van der Waals surface area contributed by atoms with Gasteiger partial charge in [0.05, 0.1) is 0 Å². The van der Waals surface area contributed by atoms with E-state index < -0.39 is 0 Å². The molecule has 0 amide bonds. The van der Waals surface area contributed by atoms with Crippen LogP contribution in [-0.2, 0) is 0 Å². The van der Waals surface area contributed by atoms with Gasteiger partial charge in [0, 0.05) is 19.2 Å². The number of ketones is 1. The zero-order valence-corrected chi connectivity index (χ0v) is 12.9. The summed E-state index contributed by atoms with van der Waals surface area (Å²) in [5.74, 6) is 0.0528. The second-order valence-corrected chi connectivity index (χ2v) is 5.92. The first-order valence-electron chi connectivity index (χ1n) is 5.14. The fourth-order valence-corrected chi connectivity index (χ4v) is 2.36. The Morgan fingerprint density at radius 1 is 1.12 bits per heavy atom. The number of halogens is 2. The average molecular weight is 401 g/mol. The molecule has 2 rings (SSSR count). The van der Waals surface area contributed by atoms with E-state index in [1.165, 1.54) is 0 Å². The summed E-state index contributed by atoms with van der Waals surface area (Å²) < 4.78 is 1.97. The fraction of sp³-hybridized carbons (Fsp3) is 0.0714. The van der Waals surface area contributed by atoms with E-state index in [4.69, 9.17) is 0 Å². The van der Waals surface area contributed by atoms with E-state index in [1.807, 2.05) is 49.4 Å². The average Bonchev–Trinajstić information content (AvgIpc) is 2.32. The van der Waals surface area contributed by atoms with Gasteiger partial charge in [0.2, 0.25) is 0 Å². The molecule has 0 heterocycles. The lowest BCUT2D eigenvalue weighted by Gasteiger charge is -2.05. The van der Waals surface area contributed by atoms with Crippen LogP contribution < -0.4 is 0 Å². The number of carbonyl (C=O) groups is 1. The molecule has 0 aromatic heterocycles. The van der Waals surface area contributed by atoms with Gasteiger partial charge in [0.1, 0.15) is 0 Å². The molecule has 0 saturated heterocycles. The van der Waals surface area contributed by atoms with E-state index >= 15 is 0 Å². The van der Waals surface area contributed by atoms with Gasteiger partial charge in [-0.2, -0.15) is 0 Å². The molecule has 2 aromatic carbocycles. The standard InChI is InChI=1S/C14H10BrIO/c1-9-2-7-13(15)12(8-9)14(17)10-3-5-11(16)6-4-10/h2-8H,1H3. The van der Waals surface area contributed by atoms with Crippen molar-refractivity contribution in [3.05, 3.63) is 67.2 Å². The van der Waals surface area contributed by atoms with Gasteiger partial charge in [-0.05, 0) is 65.9 Å². The van der Waals surface area contributed by atoms with Crippen LogP contribution in [0.3, 0.4) is 0 Å². The molecule has 0 aliphatic carbocycles. The Labute approximate surface area is 123 Å². The normalized spacial score (nSPS) is 10.3. The SMILES string of the molecule is Cc1ccc(Br)c(C(=O)c2ccc(I)cc2)c1. The maximum Gasteiger partial charge on any atom is 0.194 e. The van der Waals surface area contributed by atoms with Crippen molar-refractivity contribution in [1.82, 2.24) is 0 Å². The first-order chi connectivity index (χ1) is 8.08. The third-order valence-electron chi connectivity index (χ3n) is 2.47. The molecule has 0 bridgehead atoms. The highest BCUT2D eigenvalue weighted by Gasteiger charge is 2.12. The Balaban J connectivity index is 2.43. The minimum Gasteiger partial charge on any atom is -0.289 e. The number of aryl methyl sites for hydroxylation is 1. The van der Waals surface area contributed by atoms with Gasteiger partial charge < -0.3 is 0 Å². The summed E-state index contributed by atoms with van der Waals surface area (Å²) in [4.78, 5) is 12.3. The number of hydrogen-bond acceptors (Lipinski definition) is 1. The Morgan fingerprint density at radius 2 is 1.76 bits per heavy atom. The molecule has 0 aliphatic rings. The van der Waals surface area contributed by atoms with Gasteiger partial charge in [-0.3, -0.25) is 4.79 Å². The van der Waals surface area contributed by atoms with Crippen LogP contribution in [-0.4, -0.2) is 5.78 Å². The lowest BCUT2D eigenvalue weighted by atomic mass is 10.0. The van der Waals surface area contributed by atoms with Crippen molar-refractivity contribution in [2.75, 3.05) is 0 Å². The van der Waals surface area contributed by atoms with Gasteiger partial charge in [0.25, 0.3) is 0 Å². The summed E-state index contributed by atoms with van der Waals surface area (Å²) in [5, 5.41) is 0. The number of hydrogen-bond donors (Lipinski definition) is 0. The van der Waals surface area contributed by atoms with Gasteiger partial charge in [-0.25, -0.2) is 0 Å². The first-order valence-corrected chi connectivity index (χ1v) is 7.01. The molecule has 0 fully saturated rings. The van der Waals surface area contributed by atoms with Crippen molar-refractivity contribution in [2.24, 2.45) is 0 Å². The summed E-state index contributed by atoms with van der Waals surface area (Å²) in [6, 6.07) is 13.4. The molecule has 1 nitrogen and oxygen atoms in total. The van der Waals surface area contributed by atoms with Gasteiger partial charge in [-0.1, -0.05) is 27.6 Å². The van der Waals surface area contributed by atoms with Crippen LogP contribution in [0.25, 0.3) is 0 Å². The van der Waals surface area contributed by atoms with Gasteiger partial charge in [0.15, 0.2) is 5.78 Å². The molecular formula is C14H10BrIO. The predicted molar refractivity (Wildman–Crippen MR) is 81.5 cm³/mol. The van der Waals surface area contributed by atoms with Gasteiger partial charge in [-0.15, -0.1) is 0 Å². The second kappa shape index (κ2) is 5.31. The van der Waals surface area contributed by atoms with E-state index in [2.05, 4.69) is 38.5 Å². The van der Waals surface area contributed by atoms with Crippen molar-refractivity contribution in [1.29, 1.82) is 0 Å². The smallest absolute Gasteiger partial charge is 0.194 e. The van der Waals surface area contributed by atoms with Crippen molar-refractivity contribution in [3.63, 3.8) is 0 Å². The summed E-state index contributed by atoms with van der Waals surface area (Å²) in [5.41, 5.74) is 2.52. The van der Waals surface area contributed by atoms with Crippen LogP contribution >= 0.6 is 38.5 Å². The number of carbonyl (C=O) groups excluding carboxylic acids is 1. The molecule has 0 spiro atoms. The summed E-state index contributed by atoms with van der Waals surface area (Å²) in [7, 11) is 0. The highest BCUT2D eigenvalue weighted by atomic mass is 127. The third kappa shape index (κ3) is 2.96. The maximum atomic E-state index is 12.3. The molecule has 17 heavy (non-hydrogen) atoms. The highest BCUT2D eigenvalue weighted by Crippen LogP contribution is 2.21. The molecule has 3 heteroatoms. The zero-order valence-electron chi connectivity index (χ0n) is 9.21. The molecule has 0 radical (unpaired) electrons. The molecule has 86 valence electrons. The van der Waals surface area contributed by atoms with Crippen LogP contribution in [0.4, 0.5) is 0 Å². The molecule has 0 N–H and O–H groups in total. The van der Waals surface area contributed by atoms with Crippen LogP contribution in [0.1, 0.15) is 21.5 Å². The monoisotopic (exact) mass is 400 g/mol. The van der Waals surface area contributed by atoms with E-state index in [0.29, 0.717) is 5.56 Å². The number of rotatable bonds is 2. The molecule has 0 saturated carbocycles. The van der Waals surface area contributed by atoms with Gasteiger partial charge >= 0.3 is 0 Å². The maximum absolute atomic E-state index is 12.3. The summed E-state index contributed by atoms with van der Waals surface area (Å²) in [6.07, 6.45) is 0. The fourth-order valence-electron chi connectivity index (χ4n) is 1.57. The third-order valence-corrected chi connectivity index (χ3v) is 3.88. The predicted octanol–water partition coefficient (Wildman–Crippen LogP) is 4.59. The van der Waals surface area contributed by atoms with Crippen molar-refractivity contribution < 1.29 is 4.79 Å². The Bertz CT molecular complexity index is 561. The minimum atomic E-state index is 0.0528. The number of benzene rings is 2. The summed E-state index contributed by atoms with van der Waals surface area (Å²) >= 11 is 5.65. The van der Waals surface area contributed by atoms with Crippen LogP contribution in [0.15, 0.2) is 46.9 Å². The van der Waals surface area contributed by atoms with E-state index in [-0.39, 0.29) is 5.78 Å². The van der Waals surface area contributed by atoms with Crippen molar-refractivity contribution >= 4 is 44.3 Å². The highest BCUT2D eigenvalue weighted by molar-refractivity contribution is 14.1. The van der Waals surface area contributed by atoms with Crippen molar-refractivity contribution in [3.8, 4) is 0 Å².